The first-order chi connectivity index (χ1) is 10.8. The van der Waals surface area contributed by atoms with Gasteiger partial charge in [0.2, 0.25) is 0 Å². The number of hydrogen-bond acceptors (Lipinski definition) is 4. The van der Waals surface area contributed by atoms with Gasteiger partial charge in [-0.05, 0) is 31.2 Å². The van der Waals surface area contributed by atoms with Crippen LogP contribution in [-0.4, -0.2) is 29.1 Å². The lowest BCUT2D eigenvalue weighted by Gasteiger charge is -2.09. The van der Waals surface area contributed by atoms with Gasteiger partial charge in [0, 0.05) is 29.8 Å². The molecule has 0 aliphatic heterocycles. The normalized spacial score (nSPS) is 11.1. The molecule has 0 N–H and O–H groups in total. The Balaban J connectivity index is 1.74. The van der Waals surface area contributed by atoms with E-state index in [0.29, 0.717) is 6.54 Å². The Morgan fingerprint density at radius 3 is 2.86 bits per heavy atom. The van der Waals surface area contributed by atoms with Crippen LogP contribution < -0.4 is 0 Å². The molecule has 0 saturated carbocycles. The second-order valence-corrected chi connectivity index (χ2v) is 5.11. The van der Waals surface area contributed by atoms with Gasteiger partial charge in [-0.1, -0.05) is 6.07 Å². The third-order valence-corrected chi connectivity index (χ3v) is 3.60. The van der Waals surface area contributed by atoms with Gasteiger partial charge < -0.3 is 4.57 Å². The molecule has 0 unspecified atom stereocenters. The fourth-order valence-electron chi connectivity index (χ4n) is 2.49. The Bertz CT molecular complexity index is 919. The zero-order valence-corrected chi connectivity index (χ0v) is 12.1. The van der Waals surface area contributed by atoms with Crippen molar-refractivity contribution < 1.29 is 0 Å². The number of imidazole rings is 1. The summed E-state index contributed by atoms with van der Waals surface area (Å²) < 4.78 is 3.93. The third-order valence-electron chi connectivity index (χ3n) is 3.60. The summed E-state index contributed by atoms with van der Waals surface area (Å²) in [6.07, 6.45) is 7.18. The first kappa shape index (κ1) is 12.7. The largest absolute Gasteiger partial charge is 0.325 e. The van der Waals surface area contributed by atoms with Crippen LogP contribution in [0.25, 0.3) is 17.0 Å². The van der Waals surface area contributed by atoms with Gasteiger partial charge in [0.15, 0.2) is 5.65 Å². The highest BCUT2D eigenvalue weighted by Gasteiger charge is 2.09. The summed E-state index contributed by atoms with van der Waals surface area (Å²) in [5.74, 6) is 0.893. The highest BCUT2D eigenvalue weighted by atomic mass is 15.3. The standard InChI is InChI=1S/C16H14N6/c1-12-5-6-13(9-18-12)16-17-7-8-21(16)10-14-3-2-4-15-19-11-20-22(14)15/h2-9,11H,10H2,1H3. The maximum atomic E-state index is 4.46. The molecular formula is C16H14N6. The minimum Gasteiger partial charge on any atom is -0.325 e. The van der Waals surface area contributed by atoms with E-state index in [1.807, 2.05) is 54.2 Å². The summed E-state index contributed by atoms with van der Waals surface area (Å²) in [5.41, 5.74) is 3.89. The van der Waals surface area contributed by atoms with Gasteiger partial charge in [-0.2, -0.15) is 5.10 Å². The Hall–Kier alpha value is -3.02. The van der Waals surface area contributed by atoms with E-state index in [4.69, 9.17) is 0 Å². The van der Waals surface area contributed by atoms with Crippen LogP contribution in [0.1, 0.15) is 11.4 Å². The topological polar surface area (TPSA) is 60.9 Å². The maximum absolute atomic E-state index is 4.46. The average molecular weight is 290 g/mol. The summed E-state index contributed by atoms with van der Waals surface area (Å²) in [6.45, 7) is 2.64. The lowest BCUT2D eigenvalue weighted by molar-refractivity contribution is 0.740. The minimum atomic E-state index is 0.671. The molecule has 0 fully saturated rings. The van der Waals surface area contributed by atoms with Gasteiger partial charge >= 0.3 is 0 Å². The summed E-state index contributed by atoms with van der Waals surface area (Å²) >= 11 is 0. The van der Waals surface area contributed by atoms with Crippen molar-refractivity contribution in [2.24, 2.45) is 0 Å². The minimum absolute atomic E-state index is 0.671. The predicted octanol–water partition coefficient (Wildman–Crippen LogP) is 2.34. The molecule has 4 aromatic rings. The van der Waals surface area contributed by atoms with Crippen molar-refractivity contribution in [2.75, 3.05) is 0 Å². The van der Waals surface area contributed by atoms with Crippen molar-refractivity contribution >= 4 is 5.65 Å². The molecule has 108 valence electrons. The molecular weight excluding hydrogens is 276 g/mol. The molecule has 22 heavy (non-hydrogen) atoms. The van der Waals surface area contributed by atoms with E-state index in [1.54, 1.807) is 12.5 Å². The molecule has 0 radical (unpaired) electrons. The predicted molar refractivity (Wildman–Crippen MR) is 82.3 cm³/mol. The van der Waals surface area contributed by atoms with Gasteiger partial charge in [0.1, 0.15) is 12.2 Å². The number of fused-ring (bicyclic) bond motifs is 1. The molecule has 4 rings (SSSR count). The Kier molecular flexibility index (Phi) is 2.93. The number of nitrogens with zero attached hydrogens (tertiary/aromatic N) is 6. The van der Waals surface area contributed by atoms with Gasteiger partial charge in [0.05, 0.1) is 12.2 Å². The van der Waals surface area contributed by atoms with Crippen LogP contribution in [0.15, 0.2) is 55.2 Å². The number of aryl methyl sites for hydroxylation is 1. The Labute approximate surface area is 127 Å². The molecule has 4 aromatic heterocycles. The van der Waals surface area contributed by atoms with Gasteiger partial charge in [0.25, 0.3) is 0 Å². The SMILES string of the molecule is Cc1ccc(-c2nccn2Cc2cccc3ncnn23)cn1. The second kappa shape index (κ2) is 5.07. The van der Waals surface area contributed by atoms with Crippen LogP contribution >= 0.6 is 0 Å². The number of hydrogen-bond donors (Lipinski definition) is 0. The molecule has 6 nitrogen and oxygen atoms in total. The quantitative estimate of drug-likeness (QED) is 0.581. The van der Waals surface area contributed by atoms with Crippen LogP contribution in [0.3, 0.4) is 0 Å². The molecule has 0 aliphatic carbocycles. The van der Waals surface area contributed by atoms with Crippen molar-refractivity contribution in [3.8, 4) is 11.4 Å². The van der Waals surface area contributed by atoms with Crippen LogP contribution in [0.5, 0.6) is 0 Å². The summed E-state index contributed by atoms with van der Waals surface area (Å²) in [4.78, 5) is 13.0. The third kappa shape index (κ3) is 2.14. The molecule has 0 bridgehead atoms. The lowest BCUT2D eigenvalue weighted by Crippen LogP contribution is -2.06. The Morgan fingerprint density at radius 2 is 2.00 bits per heavy atom. The molecule has 0 amide bonds. The maximum Gasteiger partial charge on any atom is 0.155 e. The van der Waals surface area contributed by atoms with Crippen LogP contribution in [0, 0.1) is 6.92 Å². The van der Waals surface area contributed by atoms with Crippen molar-refractivity contribution in [3.63, 3.8) is 0 Å². The first-order valence-electron chi connectivity index (χ1n) is 7.03. The molecule has 6 heteroatoms. The lowest BCUT2D eigenvalue weighted by atomic mass is 10.2. The number of rotatable bonds is 3. The van der Waals surface area contributed by atoms with E-state index in [1.165, 1.54) is 0 Å². The van der Waals surface area contributed by atoms with Crippen molar-refractivity contribution in [1.29, 1.82) is 0 Å². The zero-order chi connectivity index (χ0) is 14.9. The van der Waals surface area contributed by atoms with Crippen molar-refractivity contribution in [3.05, 3.63) is 66.6 Å². The smallest absolute Gasteiger partial charge is 0.155 e. The van der Waals surface area contributed by atoms with Crippen molar-refractivity contribution in [1.82, 2.24) is 29.1 Å². The van der Waals surface area contributed by atoms with Gasteiger partial charge in [-0.3, -0.25) is 4.98 Å². The monoisotopic (exact) mass is 290 g/mol. The molecule has 0 aromatic carbocycles. The highest BCUT2D eigenvalue weighted by molar-refractivity contribution is 5.54. The molecule has 0 atom stereocenters. The van der Waals surface area contributed by atoms with Gasteiger partial charge in [-0.25, -0.2) is 14.5 Å². The van der Waals surface area contributed by atoms with E-state index < -0.39 is 0 Å². The number of pyridine rings is 2. The number of aromatic nitrogens is 6. The molecule has 0 aliphatic rings. The molecule has 0 spiro atoms. The average Bonchev–Trinajstić information content (AvgIpc) is 3.17. The van der Waals surface area contributed by atoms with Crippen molar-refractivity contribution in [2.45, 2.75) is 13.5 Å². The van der Waals surface area contributed by atoms with E-state index in [9.17, 15) is 0 Å². The van der Waals surface area contributed by atoms with Gasteiger partial charge in [-0.15, -0.1) is 0 Å². The van der Waals surface area contributed by atoms with Crippen LogP contribution in [-0.2, 0) is 6.54 Å². The molecule has 0 saturated heterocycles. The highest BCUT2D eigenvalue weighted by Crippen LogP contribution is 2.18. The Morgan fingerprint density at radius 1 is 1.05 bits per heavy atom. The van der Waals surface area contributed by atoms with E-state index in [0.717, 1.165) is 28.4 Å². The fourth-order valence-corrected chi connectivity index (χ4v) is 2.49. The molecule has 4 heterocycles. The zero-order valence-electron chi connectivity index (χ0n) is 12.1. The van der Waals surface area contributed by atoms with Crippen LogP contribution in [0.2, 0.25) is 0 Å². The second-order valence-electron chi connectivity index (χ2n) is 5.11. The first-order valence-corrected chi connectivity index (χ1v) is 7.03. The summed E-state index contributed by atoms with van der Waals surface area (Å²) in [6, 6.07) is 10.0. The van der Waals surface area contributed by atoms with E-state index in [-0.39, 0.29) is 0 Å². The van der Waals surface area contributed by atoms with E-state index in [2.05, 4.69) is 24.6 Å². The summed E-state index contributed by atoms with van der Waals surface area (Å²) in [5, 5.41) is 4.27. The summed E-state index contributed by atoms with van der Waals surface area (Å²) in [7, 11) is 0. The van der Waals surface area contributed by atoms with E-state index >= 15 is 0 Å². The van der Waals surface area contributed by atoms with Crippen LogP contribution in [0.4, 0.5) is 0 Å². The fraction of sp³-hybridized carbons (Fsp3) is 0.125.